The number of anilines is 1. The van der Waals surface area contributed by atoms with Crippen molar-refractivity contribution < 1.29 is 4.74 Å². The van der Waals surface area contributed by atoms with E-state index in [-0.39, 0.29) is 6.61 Å². The van der Waals surface area contributed by atoms with Crippen LogP contribution in [0.3, 0.4) is 0 Å². The van der Waals surface area contributed by atoms with E-state index >= 15 is 0 Å². The molecule has 2 heterocycles. The molecule has 3 N–H and O–H groups in total. The predicted molar refractivity (Wildman–Crippen MR) is 86.0 cm³/mol. The molecule has 1 aromatic carbocycles. The van der Waals surface area contributed by atoms with Gasteiger partial charge >= 0.3 is 0 Å². The lowest BCUT2D eigenvalue weighted by atomic mass is 10.3. The van der Waals surface area contributed by atoms with Crippen LogP contribution in [-0.4, -0.2) is 9.97 Å². The molecule has 0 saturated carbocycles. The van der Waals surface area contributed by atoms with Gasteiger partial charge in [-0.1, -0.05) is 23.2 Å². The van der Waals surface area contributed by atoms with Gasteiger partial charge in [0.15, 0.2) is 11.6 Å². The van der Waals surface area contributed by atoms with E-state index in [0.717, 1.165) is 10.2 Å². The standard InChI is InChI=1S/C13H10Cl2N4OS/c14-7-1-2-9(15)10(5-7)20-6-11-17-12(19-16)8-3-4-21-13(8)18-11/h1-5H,6,16H2,(H,17,18,19). The van der Waals surface area contributed by atoms with Crippen molar-refractivity contribution in [1.29, 1.82) is 0 Å². The third-order valence-electron chi connectivity index (χ3n) is 2.76. The number of fused-ring (bicyclic) bond motifs is 1. The number of nitrogens with zero attached hydrogens (tertiary/aromatic N) is 2. The second-order valence-electron chi connectivity index (χ2n) is 4.14. The number of rotatable bonds is 4. The first-order valence-corrected chi connectivity index (χ1v) is 7.59. The SMILES string of the molecule is NNc1nc(COc2cc(Cl)ccc2Cl)nc2sccc12. The number of halogens is 2. The molecule has 0 aliphatic heterocycles. The van der Waals surface area contributed by atoms with E-state index in [9.17, 15) is 0 Å². The second kappa shape index (κ2) is 6.03. The zero-order valence-corrected chi connectivity index (χ0v) is 13.0. The van der Waals surface area contributed by atoms with Crippen LogP contribution in [0.1, 0.15) is 5.82 Å². The predicted octanol–water partition coefficient (Wildman–Crippen LogP) is 3.86. The van der Waals surface area contributed by atoms with E-state index < -0.39 is 0 Å². The Bertz CT molecular complexity index is 793. The van der Waals surface area contributed by atoms with Crippen LogP contribution >= 0.6 is 34.5 Å². The number of nitrogens with one attached hydrogen (secondary N) is 1. The molecule has 108 valence electrons. The van der Waals surface area contributed by atoms with Crippen LogP contribution in [0.2, 0.25) is 10.0 Å². The average molecular weight is 341 g/mol. The molecule has 0 spiro atoms. The summed E-state index contributed by atoms with van der Waals surface area (Å²) in [6.45, 7) is 0.169. The first-order valence-electron chi connectivity index (χ1n) is 5.96. The number of ether oxygens (including phenoxy) is 1. The Labute approximate surface area is 134 Å². The molecular weight excluding hydrogens is 331 g/mol. The molecule has 0 atom stereocenters. The Morgan fingerprint density at radius 3 is 2.90 bits per heavy atom. The molecular formula is C13H10Cl2N4OS. The van der Waals surface area contributed by atoms with Gasteiger partial charge in [-0.3, -0.25) is 0 Å². The maximum atomic E-state index is 6.04. The van der Waals surface area contributed by atoms with Crippen LogP contribution in [0, 0.1) is 0 Å². The maximum Gasteiger partial charge on any atom is 0.169 e. The average Bonchev–Trinajstić information content (AvgIpc) is 2.95. The van der Waals surface area contributed by atoms with Crippen molar-refractivity contribution in [2.45, 2.75) is 6.61 Å². The lowest BCUT2D eigenvalue weighted by Gasteiger charge is -2.09. The quantitative estimate of drug-likeness (QED) is 0.557. The van der Waals surface area contributed by atoms with Crippen LogP contribution in [-0.2, 0) is 6.61 Å². The first kappa shape index (κ1) is 14.3. The summed E-state index contributed by atoms with van der Waals surface area (Å²) < 4.78 is 5.62. The third kappa shape index (κ3) is 3.03. The van der Waals surface area contributed by atoms with Crippen molar-refractivity contribution in [2.24, 2.45) is 5.84 Å². The van der Waals surface area contributed by atoms with Crippen molar-refractivity contribution >= 4 is 50.6 Å². The van der Waals surface area contributed by atoms with E-state index in [1.165, 1.54) is 11.3 Å². The summed E-state index contributed by atoms with van der Waals surface area (Å²) in [6.07, 6.45) is 0. The Morgan fingerprint density at radius 2 is 2.10 bits per heavy atom. The van der Waals surface area contributed by atoms with Gasteiger partial charge in [0.25, 0.3) is 0 Å². The van der Waals surface area contributed by atoms with Crippen LogP contribution in [0.15, 0.2) is 29.6 Å². The lowest BCUT2D eigenvalue weighted by Crippen LogP contribution is -2.11. The number of hydrogen-bond acceptors (Lipinski definition) is 6. The van der Waals surface area contributed by atoms with E-state index in [0.29, 0.717) is 27.4 Å². The van der Waals surface area contributed by atoms with Crippen LogP contribution in [0.4, 0.5) is 5.82 Å². The van der Waals surface area contributed by atoms with E-state index in [2.05, 4.69) is 15.4 Å². The zero-order valence-electron chi connectivity index (χ0n) is 10.6. The van der Waals surface area contributed by atoms with Crippen molar-refractivity contribution in [3.05, 3.63) is 45.5 Å². The molecule has 8 heteroatoms. The van der Waals surface area contributed by atoms with Crippen molar-refractivity contribution in [3.8, 4) is 5.75 Å². The van der Waals surface area contributed by atoms with Crippen molar-refractivity contribution in [3.63, 3.8) is 0 Å². The highest BCUT2D eigenvalue weighted by Gasteiger charge is 2.10. The van der Waals surface area contributed by atoms with Gasteiger partial charge < -0.3 is 10.2 Å². The number of hydrogen-bond donors (Lipinski definition) is 2. The second-order valence-corrected chi connectivity index (χ2v) is 5.87. The normalized spacial score (nSPS) is 10.8. The van der Waals surface area contributed by atoms with E-state index in [1.807, 2.05) is 11.4 Å². The Balaban J connectivity index is 1.86. The van der Waals surface area contributed by atoms with Crippen molar-refractivity contribution in [2.75, 3.05) is 5.43 Å². The summed E-state index contributed by atoms with van der Waals surface area (Å²) in [6, 6.07) is 6.93. The summed E-state index contributed by atoms with van der Waals surface area (Å²) in [4.78, 5) is 9.58. The molecule has 0 aliphatic carbocycles. The Morgan fingerprint density at radius 1 is 1.24 bits per heavy atom. The maximum absolute atomic E-state index is 6.04. The molecule has 5 nitrogen and oxygen atoms in total. The molecule has 0 amide bonds. The van der Waals surface area contributed by atoms with Crippen LogP contribution < -0.4 is 16.0 Å². The molecule has 0 aliphatic rings. The van der Waals surface area contributed by atoms with Gasteiger partial charge in [0.1, 0.15) is 17.2 Å². The van der Waals surface area contributed by atoms with Crippen LogP contribution in [0.25, 0.3) is 10.2 Å². The molecule has 0 fully saturated rings. The van der Waals surface area contributed by atoms with E-state index in [4.69, 9.17) is 33.8 Å². The molecule has 0 unspecified atom stereocenters. The Hall–Kier alpha value is -1.60. The fraction of sp³-hybridized carbons (Fsp3) is 0.0769. The van der Waals surface area contributed by atoms with E-state index in [1.54, 1.807) is 18.2 Å². The highest BCUT2D eigenvalue weighted by molar-refractivity contribution is 7.16. The van der Waals surface area contributed by atoms with Gasteiger partial charge in [0.05, 0.1) is 10.4 Å². The molecule has 3 aromatic rings. The van der Waals surface area contributed by atoms with Crippen molar-refractivity contribution in [1.82, 2.24) is 9.97 Å². The fourth-order valence-electron chi connectivity index (χ4n) is 1.80. The number of thiophene rings is 1. The minimum atomic E-state index is 0.169. The smallest absolute Gasteiger partial charge is 0.169 e. The lowest BCUT2D eigenvalue weighted by molar-refractivity contribution is 0.297. The molecule has 3 rings (SSSR count). The summed E-state index contributed by atoms with van der Waals surface area (Å²) in [7, 11) is 0. The first-order chi connectivity index (χ1) is 10.2. The third-order valence-corrected chi connectivity index (χ3v) is 4.11. The molecule has 0 saturated heterocycles. The van der Waals surface area contributed by atoms with Gasteiger partial charge in [-0.2, -0.15) is 0 Å². The Kier molecular flexibility index (Phi) is 4.12. The fourth-order valence-corrected chi connectivity index (χ4v) is 2.92. The minimum Gasteiger partial charge on any atom is -0.484 e. The van der Waals surface area contributed by atoms with Gasteiger partial charge in [0.2, 0.25) is 0 Å². The zero-order chi connectivity index (χ0) is 14.8. The minimum absolute atomic E-state index is 0.169. The van der Waals surface area contributed by atoms with Crippen LogP contribution in [0.5, 0.6) is 5.75 Å². The highest BCUT2D eigenvalue weighted by Crippen LogP contribution is 2.29. The number of aromatic nitrogens is 2. The number of benzene rings is 1. The largest absolute Gasteiger partial charge is 0.484 e. The van der Waals surface area contributed by atoms with Gasteiger partial charge in [0, 0.05) is 11.1 Å². The summed E-state index contributed by atoms with van der Waals surface area (Å²) >= 11 is 13.5. The highest BCUT2D eigenvalue weighted by atomic mass is 35.5. The number of nitrogens with two attached hydrogens (primary N) is 1. The number of nitrogen functional groups attached to an aromatic ring is 1. The summed E-state index contributed by atoms with van der Waals surface area (Å²) in [5, 5.41) is 3.84. The molecule has 21 heavy (non-hydrogen) atoms. The number of hydrazine groups is 1. The van der Waals surface area contributed by atoms with Gasteiger partial charge in [-0.05, 0) is 23.6 Å². The topological polar surface area (TPSA) is 73.1 Å². The van der Waals surface area contributed by atoms with Gasteiger partial charge in [-0.25, -0.2) is 15.8 Å². The molecule has 0 radical (unpaired) electrons. The summed E-state index contributed by atoms with van der Waals surface area (Å²) in [5.41, 5.74) is 2.57. The van der Waals surface area contributed by atoms with Gasteiger partial charge in [-0.15, -0.1) is 11.3 Å². The molecule has 0 bridgehead atoms. The monoisotopic (exact) mass is 340 g/mol. The summed E-state index contributed by atoms with van der Waals surface area (Å²) in [5.74, 6) is 7.04. The molecule has 2 aromatic heterocycles.